The first kappa shape index (κ1) is 28.8. The van der Waals surface area contributed by atoms with Crippen molar-refractivity contribution in [2.45, 2.75) is 6.42 Å². The molecule has 0 bridgehead atoms. The predicted octanol–water partition coefficient (Wildman–Crippen LogP) is 13.4. The summed E-state index contributed by atoms with van der Waals surface area (Å²) in [6, 6.07) is 67.5. The molecule has 0 spiro atoms. The lowest BCUT2D eigenvalue weighted by Gasteiger charge is -2.22. The maximum Gasteiger partial charge on any atom is 0.0554 e. The van der Waals surface area contributed by atoms with Gasteiger partial charge in [-0.1, -0.05) is 133 Å². The number of rotatable bonds is 3. The average Bonchev–Trinajstić information content (AvgIpc) is 3.73. The highest BCUT2D eigenvalue weighted by atomic mass is 15.0. The molecule has 0 radical (unpaired) electrons. The van der Waals surface area contributed by atoms with E-state index in [0.717, 1.165) is 6.42 Å². The Balaban J connectivity index is 1.19. The van der Waals surface area contributed by atoms with Crippen molar-refractivity contribution < 1.29 is 0 Å². The van der Waals surface area contributed by atoms with Gasteiger partial charge >= 0.3 is 0 Å². The van der Waals surface area contributed by atoms with Crippen LogP contribution in [0.3, 0.4) is 0 Å². The number of hydrogen-bond donors (Lipinski definition) is 0. The number of hydrogen-bond acceptors (Lipinski definition) is 0. The van der Waals surface area contributed by atoms with Crippen molar-refractivity contribution in [3.05, 3.63) is 193 Å². The predicted molar refractivity (Wildman–Crippen MR) is 224 cm³/mol. The van der Waals surface area contributed by atoms with Gasteiger partial charge in [0.05, 0.1) is 27.8 Å². The highest BCUT2D eigenvalue weighted by molar-refractivity contribution is 6.26. The van der Waals surface area contributed by atoms with Crippen LogP contribution in [0.5, 0.6) is 0 Å². The van der Waals surface area contributed by atoms with Crippen molar-refractivity contribution in [2.75, 3.05) is 0 Å². The lowest BCUT2D eigenvalue weighted by Crippen LogP contribution is -2.02. The molecule has 246 valence electrons. The van der Waals surface area contributed by atoms with Gasteiger partial charge in [-0.15, -0.1) is 0 Å². The summed E-state index contributed by atoms with van der Waals surface area (Å²) in [5.41, 5.74) is 15.2. The number of benzene rings is 9. The zero-order chi connectivity index (χ0) is 34.6. The van der Waals surface area contributed by atoms with Gasteiger partial charge in [0, 0.05) is 32.6 Å². The fourth-order valence-corrected chi connectivity index (χ4v) is 9.42. The molecule has 2 aromatic heterocycles. The molecule has 0 aliphatic heterocycles. The van der Waals surface area contributed by atoms with Crippen molar-refractivity contribution in [3.8, 4) is 33.6 Å². The normalized spacial score (nSPS) is 12.5. The van der Waals surface area contributed by atoms with E-state index in [9.17, 15) is 0 Å². The minimum absolute atomic E-state index is 0.953. The van der Waals surface area contributed by atoms with Gasteiger partial charge in [0.2, 0.25) is 0 Å². The fraction of sp³-hybridized carbons (Fsp3) is 0.0196. The zero-order valence-electron chi connectivity index (χ0n) is 28.9. The van der Waals surface area contributed by atoms with E-state index in [0.29, 0.717) is 0 Å². The van der Waals surface area contributed by atoms with E-state index in [1.165, 1.54) is 110 Å². The van der Waals surface area contributed by atoms with Crippen molar-refractivity contribution in [1.82, 2.24) is 9.13 Å². The molecule has 0 saturated heterocycles. The monoisotopic (exact) mass is 672 g/mol. The van der Waals surface area contributed by atoms with Crippen LogP contribution < -0.4 is 0 Å². The van der Waals surface area contributed by atoms with Gasteiger partial charge in [0.25, 0.3) is 0 Å². The Morgan fingerprint density at radius 2 is 1.02 bits per heavy atom. The van der Waals surface area contributed by atoms with Crippen LogP contribution in [0.1, 0.15) is 11.1 Å². The molecule has 0 unspecified atom stereocenters. The average molecular weight is 673 g/mol. The first-order chi connectivity index (χ1) is 26.3. The molecule has 2 nitrogen and oxygen atoms in total. The largest absolute Gasteiger partial charge is 0.309 e. The molecule has 2 heteroatoms. The molecule has 1 aliphatic carbocycles. The van der Waals surface area contributed by atoms with Gasteiger partial charge in [-0.2, -0.15) is 0 Å². The molecule has 9 aromatic carbocycles. The minimum atomic E-state index is 0.953. The van der Waals surface area contributed by atoms with E-state index in [2.05, 4.69) is 191 Å². The Kier molecular flexibility index (Phi) is 5.86. The Bertz CT molecular complexity index is 3300. The third-order valence-corrected chi connectivity index (χ3v) is 11.7. The van der Waals surface area contributed by atoms with Crippen LogP contribution in [0.4, 0.5) is 0 Å². The Hall–Kier alpha value is -6.90. The maximum absolute atomic E-state index is 2.52. The molecule has 0 N–H and O–H groups in total. The molecule has 2 heterocycles. The maximum atomic E-state index is 2.52. The van der Waals surface area contributed by atoms with Crippen LogP contribution in [-0.4, -0.2) is 9.13 Å². The van der Waals surface area contributed by atoms with E-state index >= 15 is 0 Å². The van der Waals surface area contributed by atoms with Crippen LogP contribution in [0.25, 0.3) is 98.8 Å². The summed E-state index contributed by atoms with van der Waals surface area (Å²) in [6.45, 7) is 0. The smallest absolute Gasteiger partial charge is 0.0554 e. The summed E-state index contributed by atoms with van der Waals surface area (Å²) in [5.74, 6) is 0. The van der Waals surface area contributed by atoms with Crippen LogP contribution in [-0.2, 0) is 6.42 Å². The van der Waals surface area contributed by atoms with Gasteiger partial charge in [-0.3, -0.25) is 0 Å². The number of nitrogens with zero attached hydrogens (tertiary/aromatic N) is 2. The summed E-state index contributed by atoms with van der Waals surface area (Å²) in [7, 11) is 0. The Morgan fingerprint density at radius 3 is 1.96 bits per heavy atom. The second-order valence-electron chi connectivity index (χ2n) is 14.5. The molecule has 0 amide bonds. The summed E-state index contributed by atoms with van der Waals surface area (Å²) < 4.78 is 4.93. The van der Waals surface area contributed by atoms with Gasteiger partial charge < -0.3 is 9.13 Å². The van der Waals surface area contributed by atoms with Gasteiger partial charge in [0.15, 0.2) is 0 Å². The third kappa shape index (κ3) is 4.03. The van der Waals surface area contributed by atoms with E-state index in [-0.39, 0.29) is 0 Å². The summed E-state index contributed by atoms with van der Waals surface area (Å²) in [6.07, 6.45) is 0.953. The van der Waals surface area contributed by atoms with Gasteiger partial charge in [-0.05, 0) is 104 Å². The summed E-state index contributed by atoms with van der Waals surface area (Å²) in [4.78, 5) is 0. The molecule has 0 atom stereocenters. The molecular formula is C51H32N2. The SMILES string of the molecule is c1ccc(-n2c3ccccc3c3ccc(-c4ccc5c(c4)c4c6cccc7c6c(cc4n5-c4cccc5ccccc45)-c4ccccc4C7)cc32)cc1. The van der Waals surface area contributed by atoms with Gasteiger partial charge in [0.1, 0.15) is 0 Å². The van der Waals surface area contributed by atoms with E-state index in [4.69, 9.17) is 0 Å². The topological polar surface area (TPSA) is 9.86 Å². The standard InChI is InChI=1S/C51H32N2/c1-2-16-37(17-3-1)52-46-22-9-8-20-40(46)41-26-24-34(30-48(41)52)33-25-27-47-44(29-33)51-42-21-10-15-36-28-35-13-5-6-18-38(35)43(50(36)42)31-49(51)53(47)45-23-11-14-32-12-4-7-19-39(32)45/h1-27,29-31H,28H2. The molecule has 12 rings (SSSR count). The number of aromatic nitrogens is 2. The number of fused-ring (bicyclic) bond motifs is 10. The zero-order valence-corrected chi connectivity index (χ0v) is 28.9. The molecule has 53 heavy (non-hydrogen) atoms. The van der Waals surface area contributed by atoms with Crippen molar-refractivity contribution in [1.29, 1.82) is 0 Å². The first-order valence-corrected chi connectivity index (χ1v) is 18.5. The summed E-state index contributed by atoms with van der Waals surface area (Å²) in [5, 5.41) is 10.3. The first-order valence-electron chi connectivity index (χ1n) is 18.5. The summed E-state index contributed by atoms with van der Waals surface area (Å²) >= 11 is 0. The van der Waals surface area contributed by atoms with Gasteiger partial charge in [-0.25, -0.2) is 0 Å². The van der Waals surface area contributed by atoms with Crippen molar-refractivity contribution in [3.63, 3.8) is 0 Å². The molecule has 1 aliphatic rings. The molecule has 11 aromatic rings. The van der Waals surface area contributed by atoms with E-state index < -0.39 is 0 Å². The lowest BCUT2D eigenvalue weighted by molar-refractivity contribution is 1.18. The molecule has 0 fully saturated rings. The highest BCUT2D eigenvalue weighted by Gasteiger charge is 2.24. The van der Waals surface area contributed by atoms with Crippen molar-refractivity contribution in [2.24, 2.45) is 0 Å². The second kappa shape index (κ2) is 10.8. The second-order valence-corrected chi connectivity index (χ2v) is 14.5. The lowest BCUT2D eigenvalue weighted by atomic mass is 9.82. The third-order valence-electron chi connectivity index (χ3n) is 11.7. The molecular weight excluding hydrogens is 641 g/mol. The fourth-order valence-electron chi connectivity index (χ4n) is 9.42. The van der Waals surface area contributed by atoms with E-state index in [1.807, 2.05) is 0 Å². The Morgan fingerprint density at radius 1 is 0.340 bits per heavy atom. The minimum Gasteiger partial charge on any atom is -0.309 e. The van der Waals surface area contributed by atoms with Crippen LogP contribution in [0.15, 0.2) is 182 Å². The highest BCUT2D eigenvalue weighted by Crippen LogP contribution is 2.47. The van der Waals surface area contributed by atoms with Crippen LogP contribution >= 0.6 is 0 Å². The van der Waals surface area contributed by atoms with Crippen molar-refractivity contribution >= 4 is 65.2 Å². The van der Waals surface area contributed by atoms with E-state index in [1.54, 1.807) is 0 Å². The van der Waals surface area contributed by atoms with Crippen LogP contribution in [0.2, 0.25) is 0 Å². The van der Waals surface area contributed by atoms with Crippen LogP contribution in [0, 0.1) is 0 Å². The number of para-hydroxylation sites is 2. The Labute approximate surface area is 306 Å². The molecule has 0 saturated carbocycles. The quantitative estimate of drug-likeness (QED) is 0.177.